The highest BCUT2D eigenvalue weighted by atomic mass is 127. The maximum atomic E-state index is 13.8. The molecular weight excluding hydrogens is 553 g/mol. The molecule has 0 unspecified atom stereocenters. The number of aliphatic hydroxyl groups is 1. The van der Waals surface area contributed by atoms with E-state index in [1.54, 1.807) is 0 Å². The van der Waals surface area contributed by atoms with Crippen molar-refractivity contribution in [3.05, 3.63) is 27.3 Å². The van der Waals surface area contributed by atoms with Crippen molar-refractivity contribution in [3.63, 3.8) is 0 Å². The molecule has 1 aliphatic rings. The van der Waals surface area contributed by atoms with Crippen LogP contribution < -0.4 is 5.32 Å². The Morgan fingerprint density at radius 3 is 2.03 bits per heavy atom. The lowest BCUT2D eigenvalue weighted by atomic mass is 9.87. The quantitative estimate of drug-likeness (QED) is 0.237. The van der Waals surface area contributed by atoms with Crippen molar-refractivity contribution in [3.8, 4) is 0 Å². The Morgan fingerprint density at radius 2 is 1.56 bits per heavy atom. The molecule has 1 heterocycles. The van der Waals surface area contributed by atoms with Crippen LogP contribution >= 0.6 is 22.6 Å². The second kappa shape index (κ2) is 11.2. The first kappa shape index (κ1) is 27.6. The summed E-state index contributed by atoms with van der Waals surface area (Å²) >= 11 is 2.19. The van der Waals surface area contributed by atoms with Crippen LogP contribution in [0, 0.1) is 3.57 Å². The van der Waals surface area contributed by atoms with Gasteiger partial charge >= 0.3 is 0 Å². The van der Waals surface area contributed by atoms with Gasteiger partial charge in [0.2, 0.25) is 0 Å². The van der Waals surface area contributed by atoms with Gasteiger partial charge in [0.1, 0.15) is 12.7 Å². The molecule has 0 spiro atoms. The Balaban J connectivity index is 2.84. The average molecular weight is 592 g/mol. The van der Waals surface area contributed by atoms with Gasteiger partial charge in [-0.2, -0.15) is 0 Å². The summed E-state index contributed by atoms with van der Waals surface area (Å²) in [5, 5.41) is 13.0. The smallest absolute Gasteiger partial charge is 0.263 e. The van der Waals surface area contributed by atoms with Crippen molar-refractivity contribution in [2.45, 2.75) is 89.5 Å². The van der Waals surface area contributed by atoms with Crippen LogP contribution in [0.4, 0.5) is 5.69 Å². The van der Waals surface area contributed by atoms with E-state index in [4.69, 9.17) is 8.85 Å². The Morgan fingerprint density at radius 1 is 1.03 bits per heavy atom. The molecule has 2 N–H and O–H groups in total. The zero-order valence-corrected chi connectivity index (χ0v) is 24.4. The van der Waals surface area contributed by atoms with Gasteiger partial charge in [0, 0.05) is 9.13 Å². The van der Waals surface area contributed by atoms with Crippen LogP contribution in [0.2, 0.25) is 36.3 Å². The van der Waals surface area contributed by atoms with E-state index < -0.39 is 40.7 Å². The number of Topliss-reactive ketones (excluding diaryl/α,β-unsaturated/α-hetero) is 1. The highest BCUT2D eigenvalue weighted by Gasteiger charge is 2.61. The molecule has 32 heavy (non-hydrogen) atoms. The summed E-state index contributed by atoms with van der Waals surface area (Å²) in [5.41, 5.74) is -0.248. The van der Waals surface area contributed by atoms with Crippen LogP contribution in [0.25, 0.3) is 0 Å². The van der Waals surface area contributed by atoms with Crippen LogP contribution in [0.1, 0.15) is 47.1 Å². The number of amides is 1. The van der Waals surface area contributed by atoms with E-state index in [1.165, 1.54) is 0 Å². The first-order chi connectivity index (χ1) is 15.2. The summed E-state index contributed by atoms with van der Waals surface area (Å²) < 4.78 is 14.6. The Bertz CT molecular complexity index is 812. The molecule has 1 aromatic rings. The molecule has 1 aliphatic heterocycles. The fourth-order valence-corrected chi connectivity index (χ4v) is 11.1. The molecule has 0 saturated heterocycles. The average Bonchev–Trinajstić information content (AvgIpc) is 3.11. The van der Waals surface area contributed by atoms with Gasteiger partial charge in [-0.05, 0) is 64.9 Å². The lowest BCUT2D eigenvalue weighted by Gasteiger charge is -2.45. The van der Waals surface area contributed by atoms with Gasteiger partial charge < -0.3 is 19.3 Å². The number of fused-ring (bicyclic) bond motifs is 1. The number of nitrogens with one attached hydrogen (secondary N) is 1. The first-order valence-electron chi connectivity index (χ1n) is 11.8. The maximum Gasteiger partial charge on any atom is 0.263 e. The van der Waals surface area contributed by atoms with Crippen LogP contribution in [0.3, 0.4) is 0 Å². The second-order valence-electron chi connectivity index (χ2n) is 8.56. The molecule has 6 nitrogen and oxygen atoms in total. The zero-order chi connectivity index (χ0) is 24.2. The summed E-state index contributed by atoms with van der Waals surface area (Å²) in [6.45, 7) is 11.9. The predicted molar refractivity (Wildman–Crippen MR) is 142 cm³/mol. The van der Waals surface area contributed by atoms with E-state index in [9.17, 15) is 14.7 Å². The van der Waals surface area contributed by atoms with Gasteiger partial charge in [-0.25, -0.2) is 0 Å². The number of benzene rings is 1. The summed E-state index contributed by atoms with van der Waals surface area (Å²) in [4.78, 5) is 27.1. The molecule has 2 rings (SSSR count). The van der Waals surface area contributed by atoms with Crippen LogP contribution in [-0.2, 0) is 24.0 Å². The van der Waals surface area contributed by atoms with Gasteiger partial charge in [-0.15, -0.1) is 0 Å². The molecular formula is C23H38INO5Si2. The molecule has 0 aromatic heterocycles. The molecule has 0 fully saturated rings. The monoisotopic (exact) mass is 591 g/mol. The minimum Gasteiger partial charge on any atom is -0.403 e. The highest BCUT2D eigenvalue weighted by Crippen LogP contribution is 2.48. The number of hydrogen-bond donors (Lipinski definition) is 2. The van der Waals surface area contributed by atoms with E-state index in [-0.39, 0.29) is 5.91 Å². The molecule has 180 valence electrons. The molecule has 9 heteroatoms. The minimum absolute atomic E-state index is 0.359. The third-order valence-electron chi connectivity index (χ3n) is 7.42. The number of ketones is 1. The lowest BCUT2D eigenvalue weighted by molar-refractivity contribution is -0.154. The Hall–Kier alpha value is -0.596. The standard InChI is InChI=1S/C23H38INO5Si2/c1-7-31(8-2,9-3)29-21(19(27)16-26)23(30-32(10-4,11-5)12-6)17-14-13-15-18(24)20(17)25-22(23)28/h13-15,21,26H,7-12,16H2,1-6H3,(H,25,28)/t21-,23+/m1/s1. The van der Waals surface area contributed by atoms with Gasteiger partial charge in [0.05, 0.1) is 5.69 Å². The normalized spacial score (nSPS) is 19.6. The minimum atomic E-state index is -2.37. The fraction of sp³-hybridized carbons (Fsp3) is 0.652. The number of halogens is 1. The second-order valence-corrected chi connectivity index (χ2v) is 19.1. The maximum absolute atomic E-state index is 13.8. The summed E-state index contributed by atoms with van der Waals surface area (Å²) in [7, 11) is -4.69. The van der Waals surface area contributed by atoms with E-state index in [0.29, 0.717) is 11.3 Å². The van der Waals surface area contributed by atoms with Crippen molar-refractivity contribution in [1.29, 1.82) is 0 Å². The molecule has 0 saturated carbocycles. The third-order valence-corrected chi connectivity index (χ3v) is 17.5. The summed E-state index contributed by atoms with van der Waals surface area (Å²) in [5.74, 6) is -0.854. The van der Waals surface area contributed by atoms with E-state index in [2.05, 4.69) is 69.5 Å². The van der Waals surface area contributed by atoms with Crippen molar-refractivity contribution in [2.24, 2.45) is 0 Å². The molecule has 1 aromatic carbocycles. The number of para-hydroxylation sites is 1. The first-order valence-corrected chi connectivity index (χ1v) is 17.9. The summed E-state index contributed by atoms with van der Waals surface area (Å²) in [6.07, 6.45) is -1.17. The Labute approximate surface area is 208 Å². The number of aliphatic hydroxyl groups excluding tert-OH is 1. The fourth-order valence-electron chi connectivity index (χ4n) is 4.72. The van der Waals surface area contributed by atoms with E-state index in [1.807, 2.05) is 18.2 Å². The number of carbonyl (C=O) groups is 2. The molecule has 0 aliphatic carbocycles. The largest absolute Gasteiger partial charge is 0.403 e. The van der Waals surface area contributed by atoms with Gasteiger partial charge in [-0.1, -0.05) is 53.7 Å². The van der Waals surface area contributed by atoms with Gasteiger partial charge in [-0.3, -0.25) is 9.59 Å². The van der Waals surface area contributed by atoms with Gasteiger partial charge in [0.25, 0.3) is 5.91 Å². The Kier molecular flexibility index (Phi) is 9.69. The molecule has 2 atom stereocenters. The van der Waals surface area contributed by atoms with Crippen molar-refractivity contribution < 1.29 is 23.5 Å². The van der Waals surface area contributed by atoms with E-state index in [0.717, 1.165) is 39.8 Å². The predicted octanol–water partition coefficient (Wildman–Crippen LogP) is 5.41. The topological polar surface area (TPSA) is 84.9 Å². The zero-order valence-electron chi connectivity index (χ0n) is 20.2. The third kappa shape index (κ3) is 4.79. The molecule has 0 bridgehead atoms. The highest BCUT2D eigenvalue weighted by molar-refractivity contribution is 14.1. The van der Waals surface area contributed by atoms with E-state index >= 15 is 0 Å². The lowest BCUT2D eigenvalue weighted by Crippen LogP contribution is -2.61. The van der Waals surface area contributed by atoms with Crippen molar-refractivity contribution >= 4 is 56.6 Å². The van der Waals surface area contributed by atoms with Crippen LogP contribution in [-0.4, -0.2) is 46.1 Å². The summed E-state index contributed by atoms with van der Waals surface area (Å²) in [6, 6.07) is 10.6. The number of rotatable bonds is 13. The number of hydrogen-bond acceptors (Lipinski definition) is 5. The number of anilines is 1. The molecule has 1 amide bonds. The van der Waals surface area contributed by atoms with Crippen LogP contribution in [0.5, 0.6) is 0 Å². The van der Waals surface area contributed by atoms with Gasteiger partial charge in [0.15, 0.2) is 28.0 Å². The number of carbonyl (C=O) groups excluding carboxylic acids is 2. The van der Waals surface area contributed by atoms with Crippen molar-refractivity contribution in [2.75, 3.05) is 11.9 Å². The van der Waals surface area contributed by atoms with Crippen molar-refractivity contribution in [1.82, 2.24) is 0 Å². The molecule has 0 radical (unpaired) electrons. The van der Waals surface area contributed by atoms with Crippen LogP contribution in [0.15, 0.2) is 18.2 Å². The SMILES string of the molecule is CC[Si](CC)(CC)O[C@H](C(=O)CO)[C@]1(O[Si](CC)(CC)CC)C(=O)Nc2c(I)cccc21.